The third-order valence-corrected chi connectivity index (χ3v) is 1.90. The number of anilines is 1. The summed E-state index contributed by atoms with van der Waals surface area (Å²) in [4.78, 5) is 14.9. The van der Waals surface area contributed by atoms with E-state index in [1.54, 1.807) is 6.92 Å². The molecule has 16 heavy (non-hydrogen) atoms. The van der Waals surface area contributed by atoms with Crippen LogP contribution in [0.25, 0.3) is 0 Å². The number of nitrogens with zero attached hydrogens (tertiary/aromatic N) is 1. The van der Waals surface area contributed by atoms with Crippen LogP contribution in [0.5, 0.6) is 5.75 Å². The van der Waals surface area contributed by atoms with Crippen molar-refractivity contribution in [2.75, 3.05) is 19.5 Å². The summed E-state index contributed by atoms with van der Waals surface area (Å²) in [5.74, 6) is 2.60. The van der Waals surface area contributed by atoms with Gasteiger partial charge in [-0.3, -0.25) is 0 Å². The van der Waals surface area contributed by atoms with Gasteiger partial charge in [-0.25, -0.2) is 9.78 Å². The van der Waals surface area contributed by atoms with Crippen molar-refractivity contribution in [2.24, 2.45) is 0 Å². The zero-order valence-electron chi connectivity index (χ0n) is 9.11. The molecular formula is C11H12N2O3. The molecule has 0 radical (unpaired) electrons. The summed E-state index contributed by atoms with van der Waals surface area (Å²) in [6.07, 6.45) is 5.31. The largest absolute Gasteiger partial charge is 0.480 e. The van der Waals surface area contributed by atoms with Gasteiger partial charge in [0.05, 0.1) is 18.4 Å². The number of methoxy groups -OCH3 is 1. The summed E-state index contributed by atoms with van der Waals surface area (Å²) in [7, 11) is 1.28. The first-order valence-electron chi connectivity index (χ1n) is 4.51. The number of nitrogens with two attached hydrogens (primary N) is 1. The molecule has 0 aliphatic rings. The molecule has 0 aromatic carbocycles. The van der Waals surface area contributed by atoms with Crippen molar-refractivity contribution in [1.29, 1.82) is 0 Å². The van der Waals surface area contributed by atoms with Gasteiger partial charge in [0.15, 0.2) is 6.61 Å². The van der Waals surface area contributed by atoms with Gasteiger partial charge < -0.3 is 15.2 Å². The quantitative estimate of drug-likeness (QED) is 0.593. The van der Waals surface area contributed by atoms with E-state index in [0.717, 1.165) is 0 Å². The molecule has 2 N–H and O–H groups in total. The second-order valence-corrected chi connectivity index (χ2v) is 3.01. The Balaban J connectivity index is 2.95. The van der Waals surface area contributed by atoms with E-state index in [1.807, 2.05) is 0 Å². The third kappa shape index (κ3) is 2.64. The minimum atomic E-state index is -0.490. The number of hydrogen-bond donors (Lipinski definition) is 1. The van der Waals surface area contributed by atoms with Crippen LogP contribution in [0.3, 0.4) is 0 Å². The van der Waals surface area contributed by atoms with E-state index in [2.05, 4.69) is 15.6 Å². The van der Waals surface area contributed by atoms with E-state index in [1.165, 1.54) is 13.2 Å². The topological polar surface area (TPSA) is 74.4 Å². The molecule has 0 unspecified atom stereocenters. The van der Waals surface area contributed by atoms with Crippen LogP contribution >= 0.6 is 0 Å². The number of carbonyl (C=O) groups is 1. The number of hydrogen-bond acceptors (Lipinski definition) is 5. The van der Waals surface area contributed by atoms with Crippen molar-refractivity contribution in [2.45, 2.75) is 6.92 Å². The maximum atomic E-state index is 10.9. The molecule has 1 heterocycles. The Kier molecular flexibility index (Phi) is 3.72. The molecule has 1 aromatic heterocycles. The number of nitrogen functional groups attached to an aromatic ring is 1. The first-order valence-corrected chi connectivity index (χ1v) is 4.51. The molecule has 0 bridgehead atoms. The number of rotatable bonds is 3. The molecular weight excluding hydrogens is 208 g/mol. The fourth-order valence-electron chi connectivity index (χ4n) is 1.15. The van der Waals surface area contributed by atoms with Gasteiger partial charge in [0.25, 0.3) is 0 Å². The van der Waals surface area contributed by atoms with Crippen LogP contribution in [0.2, 0.25) is 0 Å². The van der Waals surface area contributed by atoms with Crippen molar-refractivity contribution in [3.8, 4) is 18.1 Å². The molecule has 0 atom stereocenters. The molecule has 1 aromatic rings. The van der Waals surface area contributed by atoms with Crippen molar-refractivity contribution in [3.63, 3.8) is 0 Å². The molecule has 5 heteroatoms. The summed E-state index contributed by atoms with van der Waals surface area (Å²) in [5.41, 5.74) is 6.62. The monoisotopic (exact) mass is 220 g/mol. The Labute approximate surface area is 93.6 Å². The van der Waals surface area contributed by atoms with E-state index in [0.29, 0.717) is 17.0 Å². The Morgan fingerprint density at radius 3 is 2.94 bits per heavy atom. The average molecular weight is 220 g/mol. The van der Waals surface area contributed by atoms with Gasteiger partial charge >= 0.3 is 5.97 Å². The van der Waals surface area contributed by atoms with E-state index in [-0.39, 0.29) is 12.4 Å². The van der Waals surface area contributed by atoms with Crippen LogP contribution < -0.4 is 10.5 Å². The summed E-state index contributed by atoms with van der Waals surface area (Å²) < 4.78 is 9.65. The third-order valence-electron chi connectivity index (χ3n) is 1.90. The molecule has 1 rings (SSSR count). The van der Waals surface area contributed by atoms with Crippen LogP contribution in [0.1, 0.15) is 11.3 Å². The smallest absolute Gasteiger partial charge is 0.343 e. The maximum Gasteiger partial charge on any atom is 0.343 e. The predicted octanol–water partition coefficient (Wildman–Crippen LogP) is 0.505. The Hall–Kier alpha value is -2.22. The van der Waals surface area contributed by atoms with Gasteiger partial charge in [-0.2, -0.15) is 0 Å². The molecule has 0 aliphatic heterocycles. The highest BCUT2D eigenvalue weighted by atomic mass is 16.6. The van der Waals surface area contributed by atoms with Crippen LogP contribution in [0, 0.1) is 19.3 Å². The zero-order valence-corrected chi connectivity index (χ0v) is 9.11. The van der Waals surface area contributed by atoms with Gasteiger partial charge in [0.1, 0.15) is 11.6 Å². The maximum absolute atomic E-state index is 10.9. The lowest BCUT2D eigenvalue weighted by Gasteiger charge is -2.09. The van der Waals surface area contributed by atoms with Crippen molar-refractivity contribution < 1.29 is 14.3 Å². The Morgan fingerprint density at radius 2 is 2.38 bits per heavy atom. The molecule has 0 saturated carbocycles. The van der Waals surface area contributed by atoms with Crippen molar-refractivity contribution >= 4 is 11.8 Å². The summed E-state index contributed by atoms with van der Waals surface area (Å²) >= 11 is 0. The fraction of sp³-hybridized carbons (Fsp3) is 0.273. The lowest BCUT2D eigenvalue weighted by molar-refractivity contribution is -0.142. The van der Waals surface area contributed by atoms with Gasteiger partial charge in [0, 0.05) is 6.07 Å². The first-order chi connectivity index (χ1) is 7.58. The summed E-state index contributed by atoms with van der Waals surface area (Å²) in [5, 5.41) is 0. The summed E-state index contributed by atoms with van der Waals surface area (Å²) in [6.45, 7) is 1.50. The van der Waals surface area contributed by atoms with Gasteiger partial charge in [-0.1, -0.05) is 5.92 Å². The standard InChI is InChI=1S/C11H12N2O3/c1-4-8-7(2)13-10(12)5-9(8)16-6-11(14)15-3/h1,5H,6H2,2-3H3,(H2,12,13). The number of aryl methyl sites for hydroxylation is 1. The van der Waals surface area contributed by atoms with E-state index in [4.69, 9.17) is 16.9 Å². The lowest BCUT2D eigenvalue weighted by atomic mass is 10.2. The number of esters is 1. The van der Waals surface area contributed by atoms with Gasteiger partial charge in [-0.15, -0.1) is 6.42 Å². The fourth-order valence-corrected chi connectivity index (χ4v) is 1.15. The lowest BCUT2D eigenvalue weighted by Crippen LogP contribution is -2.13. The number of aromatic nitrogens is 1. The minimum absolute atomic E-state index is 0.214. The number of ether oxygens (including phenoxy) is 2. The van der Waals surface area contributed by atoms with Gasteiger partial charge in [-0.05, 0) is 6.92 Å². The van der Waals surface area contributed by atoms with Crippen molar-refractivity contribution in [1.82, 2.24) is 4.98 Å². The number of pyridine rings is 1. The van der Waals surface area contributed by atoms with Gasteiger partial charge in [0.2, 0.25) is 0 Å². The van der Waals surface area contributed by atoms with Crippen LogP contribution in [0.4, 0.5) is 5.82 Å². The Morgan fingerprint density at radius 1 is 1.69 bits per heavy atom. The molecule has 0 fully saturated rings. The average Bonchev–Trinajstić information content (AvgIpc) is 2.25. The zero-order chi connectivity index (χ0) is 12.1. The molecule has 0 aliphatic carbocycles. The number of terminal acetylenes is 1. The molecule has 5 nitrogen and oxygen atoms in total. The second kappa shape index (κ2) is 5.03. The van der Waals surface area contributed by atoms with E-state index in [9.17, 15) is 4.79 Å². The second-order valence-electron chi connectivity index (χ2n) is 3.01. The van der Waals surface area contributed by atoms with Crippen LogP contribution in [-0.2, 0) is 9.53 Å². The minimum Gasteiger partial charge on any atom is -0.480 e. The van der Waals surface area contributed by atoms with E-state index < -0.39 is 5.97 Å². The normalized spacial score (nSPS) is 9.31. The Bertz CT molecular complexity index is 449. The van der Waals surface area contributed by atoms with Crippen LogP contribution in [0.15, 0.2) is 6.07 Å². The molecule has 0 spiro atoms. The predicted molar refractivity (Wildman–Crippen MR) is 58.8 cm³/mol. The van der Waals surface area contributed by atoms with Crippen LogP contribution in [-0.4, -0.2) is 24.7 Å². The highest BCUT2D eigenvalue weighted by Crippen LogP contribution is 2.22. The number of carbonyl (C=O) groups excluding carboxylic acids is 1. The van der Waals surface area contributed by atoms with Crippen molar-refractivity contribution in [3.05, 3.63) is 17.3 Å². The summed E-state index contributed by atoms with van der Waals surface area (Å²) in [6, 6.07) is 1.48. The highest BCUT2D eigenvalue weighted by molar-refractivity contribution is 5.71. The highest BCUT2D eigenvalue weighted by Gasteiger charge is 2.10. The SMILES string of the molecule is C#Cc1c(OCC(=O)OC)cc(N)nc1C. The van der Waals surface area contributed by atoms with E-state index >= 15 is 0 Å². The first kappa shape index (κ1) is 11.9. The molecule has 0 amide bonds. The molecule has 84 valence electrons. The molecule has 0 saturated heterocycles.